The largest absolute Gasteiger partial charge is 0.496 e. The number of Topliss-reactive ketones (excluding diaryl/α,β-unsaturated/α-hetero) is 1. The first-order valence-corrected chi connectivity index (χ1v) is 23.4. The quantitative estimate of drug-likeness (QED) is 0.112. The minimum atomic E-state index is -0.212. The normalized spacial score (nSPS) is 19.2. The Morgan fingerprint density at radius 2 is 1.62 bits per heavy atom. The van der Waals surface area contributed by atoms with Crippen LogP contribution < -0.4 is 21.1 Å². The first kappa shape index (κ1) is 47.3. The number of ketones is 1. The van der Waals surface area contributed by atoms with Crippen LogP contribution in [0.4, 0.5) is 5.69 Å². The van der Waals surface area contributed by atoms with Crippen molar-refractivity contribution in [2.75, 3.05) is 46.1 Å². The van der Waals surface area contributed by atoms with Gasteiger partial charge in [0.2, 0.25) is 0 Å². The number of nitrogens with zero attached hydrogens (tertiary/aromatic N) is 7. The molecule has 3 unspecified atom stereocenters. The minimum Gasteiger partial charge on any atom is -0.496 e. The standard InChI is InChI=1S/C18H24N4O.C18H19N3O.C14H22ClN3O2/c1-21-13-6-5-7-14(21)11-12(10-13)19-18(23)17-15-8-3-4-9-16(15)22(2)20-17;1-12-19-9-10-21(12)11-13-7-8-16-17(18(13)22)14-5-3-4-6-15(14)20(16)2;1-4-18(5-2)7-6-17-14(19)10-8-11(15)12(16)9-13(10)20-3/h3-4,8-9,12-14H,5-7,10-11H2,1-2H3,(H,19,23);3-6,9-10,13H,7-8,11H2,1-2H3;8-9H,4-7,16H2,1-3H3,(H,17,19). The number of aryl methyl sites for hydroxylation is 3. The lowest BCUT2D eigenvalue weighted by Gasteiger charge is -2.47. The lowest BCUT2D eigenvalue weighted by molar-refractivity contribution is 0.0462. The Kier molecular flexibility index (Phi) is 15.3. The predicted molar refractivity (Wildman–Crippen MR) is 259 cm³/mol. The van der Waals surface area contributed by atoms with Crippen LogP contribution in [0.5, 0.6) is 5.75 Å². The third-order valence-corrected chi connectivity index (χ3v) is 14.1. The highest BCUT2D eigenvalue weighted by molar-refractivity contribution is 6.33. The average molecular weight is 906 g/mol. The average Bonchev–Trinajstić information content (AvgIpc) is 3.97. The van der Waals surface area contributed by atoms with Crippen LogP contribution in [0.2, 0.25) is 5.02 Å². The summed E-state index contributed by atoms with van der Waals surface area (Å²) in [5.74, 6) is 1.48. The summed E-state index contributed by atoms with van der Waals surface area (Å²) in [6.07, 6.45) is 11.6. The van der Waals surface area contributed by atoms with E-state index in [9.17, 15) is 14.4 Å². The number of likely N-dealkylation sites (N-methyl/N-ethyl adjacent to an activating group) is 1. The van der Waals surface area contributed by atoms with Crippen LogP contribution in [0.1, 0.15) is 95.1 Å². The number of nitrogens with two attached hydrogens (primary N) is 1. The third-order valence-electron chi connectivity index (χ3n) is 13.7. The Labute approximate surface area is 387 Å². The van der Waals surface area contributed by atoms with Gasteiger partial charge < -0.3 is 40.0 Å². The number of benzene rings is 3. The molecule has 5 heterocycles. The molecular formula is C50H65ClN10O4. The fraction of sp³-hybridized carbons (Fsp3) is 0.460. The van der Waals surface area contributed by atoms with Gasteiger partial charge in [0.25, 0.3) is 11.8 Å². The van der Waals surface area contributed by atoms with E-state index in [1.807, 2.05) is 56.6 Å². The molecule has 14 nitrogen and oxygen atoms in total. The Morgan fingerprint density at radius 3 is 2.28 bits per heavy atom. The number of ether oxygens (including phenoxy) is 1. The smallest absolute Gasteiger partial charge is 0.272 e. The summed E-state index contributed by atoms with van der Waals surface area (Å²) >= 11 is 5.95. The van der Waals surface area contributed by atoms with Crippen LogP contribution >= 0.6 is 11.6 Å². The highest BCUT2D eigenvalue weighted by Gasteiger charge is 2.37. The molecular weight excluding hydrogens is 840 g/mol. The summed E-state index contributed by atoms with van der Waals surface area (Å²) < 4.78 is 11.2. The summed E-state index contributed by atoms with van der Waals surface area (Å²) in [7, 11) is 7.68. The molecule has 2 bridgehead atoms. The molecule has 2 saturated heterocycles. The SMILES string of the molecule is CCN(CC)CCNC(=O)c1cc(Cl)c(N)cc1OC.CN1C2CCCC1CC(NC(=O)c1nn(C)c3ccccc13)C2.Cc1nccn1CC1CCc2c(c3ccccc3n2C)C1=O. The van der Waals surface area contributed by atoms with Gasteiger partial charge in [-0.3, -0.25) is 19.1 Å². The molecule has 1 aliphatic carbocycles. The van der Waals surface area contributed by atoms with Gasteiger partial charge in [0.05, 0.1) is 28.9 Å². The number of halogens is 1. The number of piperidine rings is 2. The molecule has 3 aromatic carbocycles. The molecule has 0 saturated carbocycles. The van der Waals surface area contributed by atoms with Crippen LogP contribution in [0, 0.1) is 12.8 Å². The molecule has 9 rings (SSSR count). The number of hydrogen-bond acceptors (Lipinski definition) is 9. The highest BCUT2D eigenvalue weighted by Crippen LogP contribution is 2.35. The van der Waals surface area contributed by atoms with E-state index < -0.39 is 0 Å². The Hall–Kier alpha value is -5.70. The number of hydrogen-bond donors (Lipinski definition) is 3. The van der Waals surface area contributed by atoms with Crippen molar-refractivity contribution in [3.8, 4) is 5.75 Å². The van der Waals surface area contributed by atoms with Gasteiger partial charge in [-0.15, -0.1) is 0 Å². The molecule has 0 radical (unpaired) electrons. The van der Waals surface area contributed by atoms with Crippen molar-refractivity contribution in [2.45, 2.75) is 90.4 Å². The van der Waals surface area contributed by atoms with Gasteiger partial charge in [0.15, 0.2) is 11.5 Å². The van der Waals surface area contributed by atoms with Gasteiger partial charge >= 0.3 is 0 Å². The van der Waals surface area contributed by atoms with Crippen molar-refractivity contribution in [1.29, 1.82) is 0 Å². The molecule has 3 aromatic heterocycles. The number of aromatic nitrogens is 5. The summed E-state index contributed by atoms with van der Waals surface area (Å²) in [4.78, 5) is 46.9. The van der Waals surface area contributed by atoms with Crippen molar-refractivity contribution in [2.24, 2.45) is 20.0 Å². The lowest BCUT2D eigenvalue weighted by atomic mass is 9.82. The summed E-state index contributed by atoms with van der Waals surface area (Å²) in [5.41, 5.74) is 11.3. The van der Waals surface area contributed by atoms with Gasteiger partial charge in [-0.2, -0.15) is 5.10 Å². The maximum Gasteiger partial charge on any atom is 0.272 e. The topological polar surface area (TPSA) is 158 Å². The highest BCUT2D eigenvalue weighted by atomic mass is 35.5. The fourth-order valence-corrected chi connectivity index (χ4v) is 10.1. The van der Waals surface area contributed by atoms with Crippen LogP contribution in [-0.2, 0) is 27.1 Å². The van der Waals surface area contributed by atoms with Crippen LogP contribution in [0.15, 0.2) is 73.1 Å². The zero-order chi connectivity index (χ0) is 46.4. The molecule has 3 atom stereocenters. The molecule has 3 aliphatic rings. The van der Waals surface area contributed by atoms with Crippen LogP contribution in [0.25, 0.3) is 21.8 Å². The molecule has 2 amide bonds. The second kappa shape index (κ2) is 21.1. The number of carbonyl (C=O) groups is 3. The number of amides is 2. The van der Waals surface area contributed by atoms with Crippen molar-refractivity contribution in [3.05, 3.63) is 106 Å². The van der Waals surface area contributed by atoms with E-state index in [4.69, 9.17) is 22.1 Å². The van der Waals surface area contributed by atoms with Crippen molar-refractivity contribution < 1.29 is 19.1 Å². The maximum absolute atomic E-state index is 13.0. The molecule has 2 aliphatic heterocycles. The van der Waals surface area contributed by atoms with Gasteiger partial charge in [-0.25, -0.2) is 4.98 Å². The first-order chi connectivity index (χ1) is 31.3. The van der Waals surface area contributed by atoms with Gasteiger partial charge in [-0.1, -0.05) is 68.3 Å². The van der Waals surface area contributed by atoms with Crippen molar-refractivity contribution in [1.82, 2.24) is 44.3 Å². The second-order valence-corrected chi connectivity index (χ2v) is 17.9. The number of methoxy groups -OCH3 is 1. The van der Waals surface area contributed by atoms with Crippen molar-refractivity contribution >= 4 is 56.7 Å². The monoisotopic (exact) mass is 904 g/mol. The van der Waals surface area contributed by atoms with E-state index in [2.05, 4.69) is 79.7 Å². The zero-order valence-electron chi connectivity index (χ0n) is 38.9. The number of carbonyl (C=O) groups excluding carboxylic acids is 3. The summed E-state index contributed by atoms with van der Waals surface area (Å²) in [6.45, 7) is 10.2. The van der Waals surface area contributed by atoms with E-state index in [0.717, 1.165) is 85.1 Å². The van der Waals surface area contributed by atoms with Crippen LogP contribution in [-0.4, -0.2) is 110 Å². The lowest BCUT2D eigenvalue weighted by Crippen LogP contribution is -2.55. The van der Waals surface area contributed by atoms with Crippen LogP contribution in [0.3, 0.4) is 0 Å². The summed E-state index contributed by atoms with van der Waals surface area (Å²) in [5, 5.41) is 12.9. The van der Waals surface area contributed by atoms with Gasteiger partial charge in [0.1, 0.15) is 11.6 Å². The molecule has 65 heavy (non-hydrogen) atoms. The van der Waals surface area contributed by atoms with E-state index in [1.54, 1.807) is 16.9 Å². The molecule has 15 heteroatoms. The number of para-hydroxylation sites is 2. The number of rotatable bonds is 11. The van der Waals surface area contributed by atoms with Gasteiger partial charge in [0, 0.05) is 104 Å². The minimum absolute atomic E-state index is 0.0329. The Balaban J connectivity index is 0.000000146. The third kappa shape index (κ3) is 10.4. The molecule has 0 spiro atoms. The fourth-order valence-electron chi connectivity index (χ4n) is 9.92. The Morgan fingerprint density at radius 1 is 0.938 bits per heavy atom. The zero-order valence-corrected chi connectivity index (χ0v) is 39.7. The summed E-state index contributed by atoms with van der Waals surface area (Å²) in [6, 6.07) is 20.7. The number of imidazole rings is 1. The second-order valence-electron chi connectivity index (χ2n) is 17.5. The van der Waals surface area contributed by atoms with E-state index in [1.165, 1.54) is 38.1 Å². The first-order valence-electron chi connectivity index (χ1n) is 23.0. The number of nitrogen functional groups attached to an aromatic ring is 1. The van der Waals surface area contributed by atoms with E-state index in [-0.39, 0.29) is 29.6 Å². The molecule has 4 N–H and O–H groups in total. The predicted octanol–water partition coefficient (Wildman–Crippen LogP) is 7.45. The maximum atomic E-state index is 13.0. The number of fused-ring (bicyclic) bond motifs is 6. The number of anilines is 1. The molecule has 2 fully saturated rings. The van der Waals surface area contributed by atoms with Gasteiger partial charge in [-0.05, 0) is 83.8 Å². The van der Waals surface area contributed by atoms with E-state index >= 15 is 0 Å². The Bertz CT molecular complexity index is 2610. The number of nitrogens with one attached hydrogen (secondary N) is 2. The molecule has 6 aromatic rings. The molecule has 346 valence electrons. The van der Waals surface area contributed by atoms with E-state index in [0.29, 0.717) is 46.3 Å². The van der Waals surface area contributed by atoms with Crippen molar-refractivity contribution in [3.63, 3.8) is 0 Å².